The quantitative estimate of drug-likeness (QED) is 0.692. The standard InChI is InChI=1S/C13H27NO2/c1-13(2,3)14-9-12(10-15-4)16-8-7-11-5-6-11/h11-12,14H,5-10H2,1-4H3. The minimum atomic E-state index is 0.145. The van der Waals surface area contributed by atoms with Gasteiger partial charge in [0.15, 0.2) is 0 Å². The fourth-order valence-corrected chi connectivity index (χ4v) is 1.58. The van der Waals surface area contributed by atoms with Crippen LogP contribution in [0.4, 0.5) is 0 Å². The molecule has 1 fully saturated rings. The molecular weight excluding hydrogens is 202 g/mol. The Hall–Kier alpha value is -0.120. The van der Waals surface area contributed by atoms with Gasteiger partial charge in [-0.1, -0.05) is 12.8 Å². The molecule has 0 amide bonds. The molecule has 3 heteroatoms. The number of hydrogen-bond acceptors (Lipinski definition) is 3. The van der Waals surface area contributed by atoms with Crippen LogP contribution in [0, 0.1) is 5.92 Å². The predicted octanol–water partition coefficient (Wildman–Crippen LogP) is 2.21. The molecule has 0 aromatic rings. The molecule has 0 bridgehead atoms. The van der Waals surface area contributed by atoms with E-state index in [0.717, 1.165) is 19.1 Å². The molecule has 1 rings (SSSR count). The van der Waals surface area contributed by atoms with Crippen LogP contribution >= 0.6 is 0 Å². The molecule has 3 nitrogen and oxygen atoms in total. The Kier molecular flexibility index (Phi) is 5.73. The maximum Gasteiger partial charge on any atom is 0.0932 e. The second-order valence-electron chi connectivity index (χ2n) is 5.81. The fraction of sp³-hybridized carbons (Fsp3) is 1.00. The predicted molar refractivity (Wildman–Crippen MR) is 66.7 cm³/mol. The van der Waals surface area contributed by atoms with Crippen LogP contribution in [0.15, 0.2) is 0 Å². The Morgan fingerprint density at radius 1 is 1.31 bits per heavy atom. The van der Waals surface area contributed by atoms with E-state index in [1.807, 2.05) is 0 Å². The van der Waals surface area contributed by atoms with E-state index in [2.05, 4.69) is 26.1 Å². The van der Waals surface area contributed by atoms with Crippen molar-refractivity contribution < 1.29 is 9.47 Å². The molecule has 1 unspecified atom stereocenters. The lowest BCUT2D eigenvalue weighted by atomic mass is 10.1. The molecule has 0 aromatic carbocycles. The highest BCUT2D eigenvalue weighted by Gasteiger charge is 2.21. The van der Waals surface area contributed by atoms with Gasteiger partial charge in [0.2, 0.25) is 0 Å². The summed E-state index contributed by atoms with van der Waals surface area (Å²) in [5, 5.41) is 3.46. The van der Waals surface area contributed by atoms with Gasteiger partial charge in [0.05, 0.1) is 12.7 Å². The minimum absolute atomic E-state index is 0.145. The lowest BCUT2D eigenvalue weighted by molar-refractivity contribution is -0.00596. The lowest BCUT2D eigenvalue weighted by Crippen LogP contribution is -2.43. The first-order valence-corrected chi connectivity index (χ1v) is 6.37. The van der Waals surface area contributed by atoms with Crippen molar-refractivity contribution in [3.8, 4) is 0 Å². The third kappa shape index (κ3) is 7.20. The molecule has 0 radical (unpaired) electrons. The second kappa shape index (κ2) is 6.58. The number of rotatable bonds is 8. The largest absolute Gasteiger partial charge is 0.382 e. The summed E-state index contributed by atoms with van der Waals surface area (Å²) in [6.07, 6.45) is 4.20. The van der Waals surface area contributed by atoms with Crippen LogP contribution in [-0.2, 0) is 9.47 Å². The first kappa shape index (κ1) is 13.9. The van der Waals surface area contributed by atoms with Crippen molar-refractivity contribution in [2.24, 2.45) is 5.92 Å². The fourth-order valence-electron chi connectivity index (χ4n) is 1.58. The van der Waals surface area contributed by atoms with Gasteiger partial charge >= 0.3 is 0 Å². The first-order valence-electron chi connectivity index (χ1n) is 6.37. The second-order valence-corrected chi connectivity index (χ2v) is 5.81. The molecule has 1 N–H and O–H groups in total. The topological polar surface area (TPSA) is 30.5 Å². The Morgan fingerprint density at radius 3 is 2.50 bits per heavy atom. The number of ether oxygens (including phenoxy) is 2. The Morgan fingerprint density at radius 2 is 2.00 bits per heavy atom. The molecule has 0 spiro atoms. The highest BCUT2D eigenvalue weighted by Crippen LogP contribution is 2.32. The smallest absolute Gasteiger partial charge is 0.0932 e. The zero-order valence-electron chi connectivity index (χ0n) is 11.2. The van der Waals surface area contributed by atoms with E-state index in [1.54, 1.807) is 7.11 Å². The van der Waals surface area contributed by atoms with E-state index in [4.69, 9.17) is 9.47 Å². The van der Waals surface area contributed by atoms with Gasteiger partial charge in [0, 0.05) is 25.8 Å². The summed E-state index contributed by atoms with van der Waals surface area (Å²) in [4.78, 5) is 0. The maximum absolute atomic E-state index is 5.84. The molecule has 1 aliphatic rings. The normalized spacial score (nSPS) is 18.8. The molecular formula is C13H27NO2. The lowest BCUT2D eigenvalue weighted by Gasteiger charge is -2.25. The highest BCUT2D eigenvalue weighted by molar-refractivity contribution is 4.75. The average molecular weight is 229 g/mol. The van der Waals surface area contributed by atoms with Gasteiger partial charge in [0.1, 0.15) is 0 Å². The van der Waals surface area contributed by atoms with E-state index in [-0.39, 0.29) is 11.6 Å². The van der Waals surface area contributed by atoms with Crippen molar-refractivity contribution in [1.82, 2.24) is 5.32 Å². The van der Waals surface area contributed by atoms with Crippen molar-refractivity contribution in [1.29, 1.82) is 0 Å². The Balaban J connectivity index is 2.12. The average Bonchev–Trinajstić information content (AvgIpc) is 2.97. The van der Waals surface area contributed by atoms with E-state index in [9.17, 15) is 0 Å². The van der Waals surface area contributed by atoms with Crippen molar-refractivity contribution in [2.75, 3.05) is 26.9 Å². The molecule has 96 valence electrons. The van der Waals surface area contributed by atoms with Gasteiger partial charge < -0.3 is 14.8 Å². The molecule has 1 aliphatic carbocycles. The third-order valence-corrected chi connectivity index (χ3v) is 2.79. The maximum atomic E-state index is 5.84. The van der Waals surface area contributed by atoms with Crippen molar-refractivity contribution in [2.45, 2.75) is 51.7 Å². The monoisotopic (exact) mass is 229 g/mol. The molecule has 16 heavy (non-hydrogen) atoms. The third-order valence-electron chi connectivity index (χ3n) is 2.79. The zero-order chi connectivity index (χ0) is 12.0. The van der Waals surface area contributed by atoms with Crippen molar-refractivity contribution >= 4 is 0 Å². The zero-order valence-corrected chi connectivity index (χ0v) is 11.2. The van der Waals surface area contributed by atoms with Gasteiger partial charge in [-0.2, -0.15) is 0 Å². The van der Waals surface area contributed by atoms with Crippen LogP contribution in [0.2, 0.25) is 0 Å². The van der Waals surface area contributed by atoms with Gasteiger partial charge in [0.25, 0.3) is 0 Å². The van der Waals surface area contributed by atoms with Gasteiger partial charge in [-0.05, 0) is 33.1 Å². The van der Waals surface area contributed by atoms with Crippen LogP contribution in [-0.4, -0.2) is 38.5 Å². The summed E-state index contributed by atoms with van der Waals surface area (Å²) in [7, 11) is 1.73. The number of nitrogens with one attached hydrogen (secondary N) is 1. The van der Waals surface area contributed by atoms with Crippen LogP contribution in [0.1, 0.15) is 40.0 Å². The molecule has 0 aliphatic heterocycles. The first-order chi connectivity index (χ1) is 7.51. The molecule has 1 saturated carbocycles. The van der Waals surface area contributed by atoms with E-state index in [1.165, 1.54) is 19.3 Å². The highest BCUT2D eigenvalue weighted by atomic mass is 16.5. The van der Waals surface area contributed by atoms with E-state index < -0.39 is 0 Å². The molecule has 0 aromatic heterocycles. The molecule has 0 saturated heterocycles. The summed E-state index contributed by atoms with van der Waals surface area (Å²) in [5.74, 6) is 0.943. The van der Waals surface area contributed by atoms with Crippen LogP contribution in [0.25, 0.3) is 0 Å². The molecule has 1 atom stereocenters. The number of methoxy groups -OCH3 is 1. The summed E-state index contributed by atoms with van der Waals surface area (Å²) in [5.41, 5.74) is 0.145. The van der Waals surface area contributed by atoms with Crippen LogP contribution < -0.4 is 5.32 Å². The minimum Gasteiger partial charge on any atom is -0.382 e. The van der Waals surface area contributed by atoms with Gasteiger partial charge in [-0.3, -0.25) is 0 Å². The van der Waals surface area contributed by atoms with Gasteiger partial charge in [-0.15, -0.1) is 0 Å². The van der Waals surface area contributed by atoms with E-state index in [0.29, 0.717) is 6.61 Å². The number of hydrogen-bond donors (Lipinski definition) is 1. The van der Waals surface area contributed by atoms with Crippen molar-refractivity contribution in [3.05, 3.63) is 0 Å². The Labute approximate surface area is 99.9 Å². The van der Waals surface area contributed by atoms with Crippen LogP contribution in [0.5, 0.6) is 0 Å². The summed E-state index contributed by atoms with van der Waals surface area (Å²) >= 11 is 0. The van der Waals surface area contributed by atoms with Gasteiger partial charge in [-0.25, -0.2) is 0 Å². The summed E-state index contributed by atoms with van der Waals surface area (Å²) < 4.78 is 11.0. The van der Waals surface area contributed by atoms with E-state index >= 15 is 0 Å². The summed E-state index contributed by atoms with van der Waals surface area (Å²) in [6, 6.07) is 0. The Bertz CT molecular complexity index is 185. The molecule has 0 heterocycles. The van der Waals surface area contributed by atoms with Crippen LogP contribution in [0.3, 0.4) is 0 Å². The summed E-state index contributed by atoms with van der Waals surface area (Å²) in [6.45, 7) is 8.92. The SMILES string of the molecule is COCC(CNC(C)(C)C)OCCC1CC1. The van der Waals surface area contributed by atoms with Crippen molar-refractivity contribution in [3.63, 3.8) is 0 Å².